The van der Waals surface area contributed by atoms with Gasteiger partial charge in [0, 0.05) is 19.3 Å². The Morgan fingerprint density at radius 2 is 0.542 bits per heavy atom. The van der Waals surface area contributed by atoms with Crippen LogP contribution in [0.1, 0.15) is 284 Å². The fourth-order valence-corrected chi connectivity index (χ4v) is 8.34. The van der Waals surface area contributed by atoms with Crippen molar-refractivity contribution in [1.82, 2.24) is 0 Å². The van der Waals surface area contributed by atoms with Gasteiger partial charge in [-0.2, -0.15) is 0 Å². The van der Waals surface area contributed by atoms with Crippen LogP contribution < -0.4 is 0 Å². The zero-order chi connectivity index (χ0) is 52.2. The van der Waals surface area contributed by atoms with Crippen LogP contribution in [0.4, 0.5) is 0 Å². The number of allylic oxidation sites excluding steroid dienone is 16. The molecule has 0 N–H and O–H groups in total. The average Bonchev–Trinajstić information content (AvgIpc) is 3.38. The molecule has 0 heterocycles. The van der Waals surface area contributed by atoms with Crippen LogP contribution in [0.15, 0.2) is 97.2 Å². The summed E-state index contributed by atoms with van der Waals surface area (Å²) in [5.74, 6) is -0.903. The third-order valence-electron chi connectivity index (χ3n) is 12.9. The van der Waals surface area contributed by atoms with Crippen molar-refractivity contribution in [2.75, 3.05) is 13.2 Å². The molecule has 0 amide bonds. The number of rotatable bonds is 54. The van der Waals surface area contributed by atoms with Crippen molar-refractivity contribution < 1.29 is 28.6 Å². The minimum Gasteiger partial charge on any atom is -0.462 e. The van der Waals surface area contributed by atoms with Gasteiger partial charge in [0.05, 0.1) is 0 Å². The third-order valence-corrected chi connectivity index (χ3v) is 12.9. The Morgan fingerprint density at radius 3 is 0.847 bits per heavy atom. The van der Waals surface area contributed by atoms with Gasteiger partial charge in [0.1, 0.15) is 13.2 Å². The lowest BCUT2D eigenvalue weighted by Gasteiger charge is -2.18. The van der Waals surface area contributed by atoms with Crippen molar-refractivity contribution in [2.24, 2.45) is 0 Å². The van der Waals surface area contributed by atoms with Gasteiger partial charge < -0.3 is 14.2 Å². The van der Waals surface area contributed by atoms with Gasteiger partial charge in [-0.25, -0.2) is 0 Å². The van der Waals surface area contributed by atoms with Crippen LogP contribution in [0.2, 0.25) is 0 Å². The maximum absolute atomic E-state index is 12.8. The van der Waals surface area contributed by atoms with Crippen LogP contribution in [0.25, 0.3) is 0 Å². The Balaban J connectivity index is 4.28. The van der Waals surface area contributed by atoms with Crippen molar-refractivity contribution in [2.45, 2.75) is 290 Å². The molecule has 0 radical (unpaired) electrons. The fourth-order valence-electron chi connectivity index (χ4n) is 8.34. The van der Waals surface area contributed by atoms with Gasteiger partial charge in [-0.05, 0) is 83.5 Å². The SMILES string of the molecule is CC/C=C\C/C=C\C/C=C\C/C=C\C/C=C\C/C=C\C/C=C\C/C=C\CCCCCCC(=O)OCC(COC(=O)CCCCCCCCCCC)OC(=O)CCCCCCCCCCCCCCCCCC. The van der Waals surface area contributed by atoms with Crippen molar-refractivity contribution in [3.63, 3.8) is 0 Å². The van der Waals surface area contributed by atoms with Crippen molar-refractivity contribution in [3.05, 3.63) is 97.2 Å². The highest BCUT2D eigenvalue weighted by molar-refractivity contribution is 5.71. The molecule has 0 saturated carbocycles. The first-order valence-electron chi connectivity index (χ1n) is 30.2. The lowest BCUT2D eigenvalue weighted by Crippen LogP contribution is -2.30. The van der Waals surface area contributed by atoms with Crippen LogP contribution in [0.3, 0.4) is 0 Å². The van der Waals surface area contributed by atoms with E-state index in [2.05, 4.69) is 118 Å². The maximum Gasteiger partial charge on any atom is 0.306 e. The molecule has 0 aromatic carbocycles. The van der Waals surface area contributed by atoms with E-state index in [9.17, 15) is 14.4 Å². The zero-order valence-electron chi connectivity index (χ0n) is 47.2. The summed E-state index contributed by atoms with van der Waals surface area (Å²) in [4.78, 5) is 38.1. The molecule has 0 aromatic rings. The number of ether oxygens (including phenoxy) is 3. The molecule has 0 aromatic heterocycles. The van der Waals surface area contributed by atoms with Crippen LogP contribution >= 0.6 is 0 Å². The fraction of sp³-hybridized carbons (Fsp3) is 0.712. The van der Waals surface area contributed by atoms with E-state index >= 15 is 0 Å². The molecule has 6 heteroatoms. The Morgan fingerprint density at radius 1 is 0.292 bits per heavy atom. The van der Waals surface area contributed by atoms with Gasteiger partial charge in [0.25, 0.3) is 0 Å². The van der Waals surface area contributed by atoms with Crippen molar-refractivity contribution in [3.8, 4) is 0 Å². The van der Waals surface area contributed by atoms with E-state index in [0.717, 1.165) is 122 Å². The molecule has 412 valence electrons. The molecule has 0 saturated heterocycles. The molecule has 72 heavy (non-hydrogen) atoms. The molecule has 1 unspecified atom stereocenters. The summed E-state index contributed by atoms with van der Waals surface area (Å²) in [7, 11) is 0. The summed E-state index contributed by atoms with van der Waals surface area (Å²) in [6.45, 7) is 6.50. The lowest BCUT2D eigenvalue weighted by molar-refractivity contribution is -0.167. The molecular formula is C66H112O6. The van der Waals surface area contributed by atoms with Crippen LogP contribution in [0.5, 0.6) is 0 Å². The second-order valence-electron chi connectivity index (χ2n) is 19.9. The summed E-state index contributed by atoms with van der Waals surface area (Å²) in [5, 5.41) is 0. The smallest absolute Gasteiger partial charge is 0.306 e. The highest BCUT2D eigenvalue weighted by Gasteiger charge is 2.19. The number of carbonyl (C=O) groups excluding carboxylic acids is 3. The topological polar surface area (TPSA) is 78.9 Å². The number of unbranched alkanes of at least 4 members (excludes halogenated alkanes) is 27. The molecule has 6 nitrogen and oxygen atoms in total. The highest BCUT2D eigenvalue weighted by atomic mass is 16.6. The summed E-state index contributed by atoms with van der Waals surface area (Å²) >= 11 is 0. The van der Waals surface area contributed by atoms with E-state index < -0.39 is 6.10 Å². The summed E-state index contributed by atoms with van der Waals surface area (Å²) < 4.78 is 16.8. The van der Waals surface area contributed by atoms with E-state index in [1.165, 1.54) is 122 Å². The third kappa shape index (κ3) is 57.2. The summed E-state index contributed by atoms with van der Waals surface area (Å²) in [6, 6.07) is 0. The van der Waals surface area contributed by atoms with Gasteiger partial charge in [-0.3, -0.25) is 14.4 Å². The summed E-state index contributed by atoms with van der Waals surface area (Å²) in [5.41, 5.74) is 0. The van der Waals surface area contributed by atoms with E-state index in [4.69, 9.17) is 14.2 Å². The first-order valence-corrected chi connectivity index (χ1v) is 30.2. The average molecular weight is 1000 g/mol. The molecule has 0 rings (SSSR count). The lowest BCUT2D eigenvalue weighted by atomic mass is 10.0. The first kappa shape index (κ1) is 68.3. The van der Waals surface area contributed by atoms with Gasteiger partial charge >= 0.3 is 17.9 Å². The predicted molar refractivity (Wildman–Crippen MR) is 311 cm³/mol. The second kappa shape index (κ2) is 59.9. The zero-order valence-corrected chi connectivity index (χ0v) is 47.2. The normalized spacial score (nSPS) is 12.8. The van der Waals surface area contributed by atoms with E-state index in [1.54, 1.807) is 0 Å². The Hall–Kier alpha value is -3.67. The van der Waals surface area contributed by atoms with Gasteiger partial charge in [0.2, 0.25) is 0 Å². The molecule has 0 bridgehead atoms. The Labute approximate surface area is 445 Å². The van der Waals surface area contributed by atoms with Gasteiger partial charge in [-0.1, -0.05) is 279 Å². The molecule has 0 aliphatic heterocycles. The number of hydrogen-bond donors (Lipinski definition) is 0. The number of carbonyl (C=O) groups is 3. The first-order chi connectivity index (χ1) is 35.5. The van der Waals surface area contributed by atoms with Gasteiger partial charge in [0.15, 0.2) is 6.10 Å². The standard InChI is InChI=1S/C66H112O6/c1-4-7-10-13-16-19-21-23-25-27-28-29-30-31-32-33-34-35-36-37-38-39-41-42-44-47-50-53-56-59-65(68)71-62-63(61-70-64(67)58-55-52-49-46-18-15-12-9-6-3)72-66(69)60-57-54-51-48-45-43-40-26-24-22-20-17-14-11-8-5-2/h7,10,16,19,23,25,28-29,31-32,34-35,37-38,41-42,63H,4-6,8-9,11-15,17-18,20-22,24,26-27,30,33,36,39-40,43-62H2,1-3H3/b10-7-,19-16-,25-23-,29-28-,32-31-,35-34-,38-37-,42-41-. The largest absolute Gasteiger partial charge is 0.462 e. The quantitative estimate of drug-likeness (QED) is 0.0261. The maximum atomic E-state index is 12.8. The van der Waals surface area contributed by atoms with Crippen LogP contribution in [-0.4, -0.2) is 37.2 Å². The monoisotopic (exact) mass is 1000 g/mol. The van der Waals surface area contributed by atoms with E-state index in [1.807, 2.05) is 0 Å². The van der Waals surface area contributed by atoms with Crippen molar-refractivity contribution >= 4 is 17.9 Å². The Kier molecular flexibility index (Phi) is 56.8. The van der Waals surface area contributed by atoms with Gasteiger partial charge in [-0.15, -0.1) is 0 Å². The minimum atomic E-state index is -0.784. The number of esters is 3. The molecule has 0 aliphatic carbocycles. The molecule has 0 aliphatic rings. The number of hydrogen-bond acceptors (Lipinski definition) is 6. The highest BCUT2D eigenvalue weighted by Crippen LogP contribution is 2.16. The van der Waals surface area contributed by atoms with E-state index in [0.29, 0.717) is 19.3 Å². The molecule has 0 fully saturated rings. The van der Waals surface area contributed by atoms with Crippen LogP contribution in [0, 0.1) is 0 Å². The predicted octanol–water partition coefficient (Wildman–Crippen LogP) is 20.5. The molecular weight excluding hydrogens is 889 g/mol. The minimum absolute atomic E-state index is 0.0823. The Bertz CT molecular complexity index is 1430. The molecule has 0 spiro atoms. The molecule has 1 atom stereocenters. The van der Waals surface area contributed by atoms with Crippen LogP contribution in [-0.2, 0) is 28.6 Å². The van der Waals surface area contributed by atoms with E-state index in [-0.39, 0.29) is 31.1 Å². The second-order valence-corrected chi connectivity index (χ2v) is 19.9. The van der Waals surface area contributed by atoms with Crippen molar-refractivity contribution in [1.29, 1.82) is 0 Å². The summed E-state index contributed by atoms with van der Waals surface area (Å²) in [6.07, 6.45) is 79.8.